The number of benzene rings is 1. The van der Waals surface area contributed by atoms with E-state index < -0.39 is 11.0 Å². The predicted octanol–water partition coefficient (Wildman–Crippen LogP) is 2.92. The molecule has 1 N–H and O–H groups in total. The fourth-order valence-electron chi connectivity index (χ4n) is 2.07. The van der Waals surface area contributed by atoms with Gasteiger partial charge in [0.1, 0.15) is 6.61 Å². The number of esters is 1. The minimum Gasteiger partial charge on any atom is -0.460 e. The minimum absolute atomic E-state index is 0.273. The SMILES string of the molecule is CC(C)(O)CC(C)(C)C(=O)OCc1ccccc1. The van der Waals surface area contributed by atoms with Gasteiger partial charge in [0.2, 0.25) is 0 Å². The average molecular weight is 250 g/mol. The molecule has 0 amide bonds. The summed E-state index contributed by atoms with van der Waals surface area (Å²) in [6.45, 7) is 7.24. The van der Waals surface area contributed by atoms with Gasteiger partial charge in [0.25, 0.3) is 0 Å². The summed E-state index contributed by atoms with van der Waals surface area (Å²) in [7, 11) is 0. The second kappa shape index (κ2) is 5.53. The number of aliphatic hydroxyl groups is 1. The first-order valence-corrected chi connectivity index (χ1v) is 6.14. The number of carbonyl (C=O) groups is 1. The molecule has 0 aliphatic rings. The standard InChI is InChI=1S/C15H22O3/c1-14(2,11-15(3,4)17)13(16)18-10-12-8-6-5-7-9-12/h5-9,17H,10-11H2,1-4H3. The van der Waals surface area contributed by atoms with Crippen molar-refractivity contribution in [1.29, 1.82) is 0 Å². The molecule has 3 heteroatoms. The van der Waals surface area contributed by atoms with Crippen molar-refractivity contribution in [2.75, 3.05) is 0 Å². The highest BCUT2D eigenvalue weighted by Crippen LogP contribution is 2.29. The Labute approximate surface area is 109 Å². The second-order valence-corrected chi connectivity index (χ2v) is 5.93. The lowest BCUT2D eigenvalue weighted by Crippen LogP contribution is -2.35. The van der Waals surface area contributed by atoms with Crippen LogP contribution in [0.1, 0.15) is 39.7 Å². The van der Waals surface area contributed by atoms with Crippen LogP contribution in [0.5, 0.6) is 0 Å². The zero-order valence-electron chi connectivity index (χ0n) is 11.6. The Morgan fingerprint density at radius 3 is 2.22 bits per heavy atom. The highest BCUT2D eigenvalue weighted by molar-refractivity contribution is 5.76. The molecular formula is C15H22O3. The fraction of sp³-hybridized carbons (Fsp3) is 0.533. The molecule has 0 saturated heterocycles. The Kier molecular flexibility index (Phi) is 4.52. The monoisotopic (exact) mass is 250 g/mol. The molecule has 0 heterocycles. The normalized spacial score (nSPS) is 12.3. The topological polar surface area (TPSA) is 46.5 Å². The number of hydrogen-bond acceptors (Lipinski definition) is 3. The number of ether oxygens (including phenoxy) is 1. The van der Waals surface area contributed by atoms with Crippen LogP contribution in [0.25, 0.3) is 0 Å². The van der Waals surface area contributed by atoms with Crippen molar-refractivity contribution in [1.82, 2.24) is 0 Å². The molecule has 1 rings (SSSR count). The van der Waals surface area contributed by atoms with Gasteiger partial charge < -0.3 is 9.84 Å². The van der Waals surface area contributed by atoms with Gasteiger partial charge in [-0.3, -0.25) is 4.79 Å². The Morgan fingerprint density at radius 1 is 1.17 bits per heavy atom. The van der Waals surface area contributed by atoms with E-state index in [4.69, 9.17) is 4.74 Å². The number of hydrogen-bond donors (Lipinski definition) is 1. The van der Waals surface area contributed by atoms with E-state index in [0.29, 0.717) is 6.42 Å². The van der Waals surface area contributed by atoms with Crippen LogP contribution in [0.4, 0.5) is 0 Å². The van der Waals surface area contributed by atoms with Gasteiger partial charge in [0.05, 0.1) is 11.0 Å². The smallest absolute Gasteiger partial charge is 0.311 e. The van der Waals surface area contributed by atoms with Crippen LogP contribution in [0.2, 0.25) is 0 Å². The quantitative estimate of drug-likeness (QED) is 0.817. The summed E-state index contributed by atoms with van der Waals surface area (Å²) in [5, 5.41) is 9.78. The molecule has 0 atom stereocenters. The van der Waals surface area contributed by atoms with Crippen molar-refractivity contribution < 1.29 is 14.6 Å². The van der Waals surface area contributed by atoms with Crippen molar-refractivity contribution in [3.63, 3.8) is 0 Å². The van der Waals surface area contributed by atoms with Crippen LogP contribution >= 0.6 is 0 Å². The molecule has 0 spiro atoms. The second-order valence-electron chi connectivity index (χ2n) is 5.93. The molecule has 100 valence electrons. The largest absolute Gasteiger partial charge is 0.460 e. The Balaban J connectivity index is 2.55. The molecule has 1 aromatic carbocycles. The van der Waals surface area contributed by atoms with E-state index in [9.17, 15) is 9.90 Å². The van der Waals surface area contributed by atoms with Crippen molar-refractivity contribution in [3.05, 3.63) is 35.9 Å². The van der Waals surface area contributed by atoms with Crippen molar-refractivity contribution in [2.24, 2.45) is 5.41 Å². The van der Waals surface area contributed by atoms with E-state index in [1.165, 1.54) is 0 Å². The predicted molar refractivity (Wildman–Crippen MR) is 70.9 cm³/mol. The van der Waals surface area contributed by atoms with Gasteiger partial charge in [-0.1, -0.05) is 30.3 Å². The maximum Gasteiger partial charge on any atom is 0.311 e. The van der Waals surface area contributed by atoms with Gasteiger partial charge in [-0.25, -0.2) is 0 Å². The molecule has 0 unspecified atom stereocenters. The van der Waals surface area contributed by atoms with Gasteiger partial charge in [-0.2, -0.15) is 0 Å². The summed E-state index contributed by atoms with van der Waals surface area (Å²) in [4.78, 5) is 12.0. The zero-order chi connectivity index (χ0) is 13.8. The van der Waals surface area contributed by atoms with Gasteiger partial charge in [0, 0.05) is 0 Å². The van der Waals surface area contributed by atoms with E-state index in [0.717, 1.165) is 5.56 Å². The van der Waals surface area contributed by atoms with Gasteiger partial charge in [-0.05, 0) is 39.7 Å². The molecule has 18 heavy (non-hydrogen) atoms. The molecule has 1 aromatic rings. The molecule has 0 radical (unpaired) electrons. The van der Waals surface area contributed by atoms with Crippen LogP contribution in [0, 0.1) is 5.41 Å². The lowest BCUT2D eigenvalue weighted by atomic mass is 9.82. The van der Waals surface area contributed by atoms with Gasteiger partial charge >= 0.3 is 5.97 Å². The van der Waals surface area contributed by atoms with Crippen molar-refractivity contribution >= 4 is 5.97 Å². The maximum absolute atomic E-state index is 12.0. The summed E-state index contributed by atoms with van der Waals surface area (Å²) >= 11 is 0. The Morgan fingerprint density at radius 2 is 1.72 bits per heavy atom. The van der Waals surface area contributed by atoms with Gasteiger partial charge in [-0.15, -0.1) is 0 Å². The van der Waals surface area contributed by atoms with Crippen molar-refractivity contribution in [3.8, 4) is 0 Å². The van der Waals surface area contributed by atoms with Gasteiger partial charge in [0.15, 0.2) is 0 Å². The van der Waals surface area contributed by atoms with Crippen LogP contribution in [-0.2, 0) is 16.1 Å². The van der Waals surface area contributed by atoms with E-state index in [2.05, 4.69) is 0 Å². The Hall–Kier alpha value is -1.35. The molecule has 0 saturated carbocycles. The van der Waals surface area contributed by atoms with E-state index in [1.54, 1.807) is 27.7 Å². The molecule has 0 aromatic heterocycles. The van der Waals surface area contributed by atoms with Crippen molar-refractivity contribution in [2.45, 2.75) is 46.3 Å². The highest BCUT2D eigenvalue weighted by atomic mass is 16.5. The maximum atomic E-state index is 12.0. The van der Waals surface area contributed by atoms with Crippen LogP contribution < -0.4 is 0 Å². The minimum atomic E-state index is -0.880. The summed E-state index contributed by atoms with van der Waals surface area (Å²) in [6, 6.07) is 9.56. The molecule has 0 bridgehead atoms. The fourth-order valence-corrected chi connectivity index (χ4v) is 2.07. The first-order chi connectivity index (χ1) is 8.21. The first-order valence-electron chi connectivity index (χ1n) is 6.14. The third-order valence-corrected chi connectivity index (χ3v) is 2.64. The third-order valence-electron chi connectivity index (χ3n) is 2.64. The van der Waals surface area contributed by atoms with E-state index >= 15 is 0 Å². The molecule has 0 aliphatic carbocycles. The molecule has 0 fully saturated rings. The summed E-state index contributed by atoms with van der Waals surface area (Å²) in [6.07, 6.45) is 0.369. The number of rotatable bonds is 5. The van der Waals surface area contributed by atoms with E-state index in [1.807, 2.05) is 30.3 Å². The molecule has 3 nitrogen and oxygen atoms in total. The zero-order valence-corrected chi connectivity index (χ0v) is 11.6. The lowest BCUT2D eigenvalue weighted by molar-refractivity contribution is -0.158. The molecule has 0 aliphatic heterocycles. The summed E-state index contributed by atoms with van der Waals surface area (Å²) < 4.78 is 5.29. The Bertz CT molecular complexity index is 388. The highest BCUT2D eigenvalue weighted by Gasteiger charge is 2.35. The van der Waals surface area contributed by atoms with E-state index in [-0.39, 0.29) is 12.6 Å². The first kappa shape index (κ1) is 14.7. The van der Waals surface area contributed by atoms with Crippen LogP contribution in [-0.4, -0.2) is 16.7 Å². The summed E-state index contributed by atoms with van der Waals surface area (Å²) in [5.74, 6) is -0.284. The third kappa shape index (κ3) is 4.88. The summed E-state index contributed by atoms with van der Waals surface area (Å²) in [5.41, 5.74) is -0.604. The lowest BCUT2D eigenvalue weighted by Gasteiger charge is -2.29. The van der Waals surface area contributed by atoms with Crippen LogP contribution in [0.15, 0.2) is 30.3 Å². The average Bonchev–Trinajstić information content (AvgIpc) is 2.24. The molecular weight excluding hydrogens is 228 g/mol. The number of carbonyl (C=O) groups excluding carboxylic acids is 1. The van der Waals surface area contributed by atoms with Crippen LogP contribution in [0.3, 0.4) is 0 Å².